The Hall–Kier alpha value is -5.44. The second-order valence-corrected chi connectivity index (χ2v) is 16.0. The molecule has 1 aromatic heterocycles. The van der Waals surface area contributed by atoms with Gasteiger partial charge in [0, 0.05) is 48.1 Å². The zero-order valence-corrected chi connectivity index (χ0v) is 29.6. The molecule has 2 aliphatic rings. The molecule has 0 saturated carbocycles. The van der Waals surface area contributed by atoms with E-state index in [2.05, 4.69) is 184 Å². The standard InChI is InChI=1S/C48H37NS/c1-47(2)40-16-8-5-12-35(40)38-28-32(24-26-42(38)47)49(33-25-27-43-39(29-33)36-13-6-9-17-41(36)48(43,3)4)31-22-20-30(21-23-31)34-15-11-19-45-46(34)37-14-7-10-18-44(37)50-45/h5-29H,1-4H3. The number of hydrogen-bond donors (Lipinski definition) is 0. The molecule has 0 saturated heterocycles. The highest BCUT2D eigenvalue weighted by molar-refractivity contribution is 7.25. The molecule has 0 aliphatic heterocycles. The van der Waals surface area contributed by atoms with Gasteiger partial charge in [-0.05, 0) is 104 Å². The van der Waals surface area contributed by atoms with Gasteiger partial charge in [0.2, 0.25) is 0 Å². The molecule has 10 rings (SSSR count). The first kappa shape index (κ1) is 29.5. The molecule has 1 heterocycles. The van der Waals surface area contributed by atoms with E-state index in [1.165, 1.54) is 87.2 Å². The van der Waals surface area contributed by atoms with Crippen molar-refractivity contribution in [3.05, 3.63) is 174 Å². The van der Waals surface area contributed by atoms with Crippen LogP contribution in [0.4, 0.5) is 17.1 Å². The molecule has 1 nitrogen and oxygen atoms in total. The van der Waals surface area contributed by atoms with Crippen molar-refractivity contribution in [3.8, 4) is 33.4 Å². The van der Waals surface area contributed by atoms with Crippen molar-refractivity contribution in [1.29, 1.82) is 0 Å². The topological polar surface area (TPSA) is 3.24 Å². The molecule has 8 aromatic rings. The van der Waals surface area contributed by atoms with Gasteiger partial charge >= 0.3 is 0 Å². The van der Waals surface area contributed by atoms with Gasteiger partial charge in [-0.15, -0.1) is 11.3 Å². The van der Waals surface area contributed by atoms with E-state index in [0.29, 0.717) is 0 Å². The van der Waals surface area contributed by atoms with Gasteiger partial charge in [-0.1, -0.05) is 131 Å². The molecular weight excluding hydrogens is 623 g/mol. The highest BCUT2D eigenvalue weighted by Crippen LogP contribution is 2.53. The molecule has 0 bridgehead atoms. The molecule has 0 amide bonds. The van der Waals surface area contributed by atoms with Gasteiger partial charge in [0.25, 0.3) is 0 Å². The first-order chi connectivity index (χ1) is 24.3. The molecule has 0 radical (unpaired) electrons. The fourth-order valence-corrected chi connectivity index (χ4v) is 10.1. The largest absolute Gasteiger partial charge is 0.310 e. The Morgan fingerprint density at radius 1 is 0.400 bits per heavy atom. The third-order valence-corrected chi connectivity index (χ3v) is 12.6. The van der Waals surface area contributed by atoms with Gasteiger partial charge in [0.1, 0.15) is 0 Å². The van der Waals surface area contributed by atoms with Crippen LogP contribution in [0.3, 0.4) is 0 Å². The Morgan fingerprint density at radius 2 is 0.880 bits per heavy atom. The zero-order chi connectivity index (χ0) is 33.8. The fraction of sp³-hybridized carbons (Fsp3) is 0.125. The molecule has 50 heavy (non-hydrogen) atoms. The molecule has 0 unspecified atom stereocenters. The molecule has 0 spiro atoms. The Balaban J connectivity index is 1.15. The number of benzene rings is 7. The van der Waals surface area contributed by atoms with Crippen LogP contribution in [-0.4, -0.2) is 0 Å². The molecule has 7 aromatic carbocycles. The summed E-state index contributed by atoms with van der Waals surface area (Å²) in [6.07, 6.45) is 0. The average Bonchev–Trinajstić information content (AvgIpc) is 3.72. The molecule has 2 aliphatic carbocycles. The highest BCUT2D eigenvalue weighted by Gasteiger charge is 2.37. The van der Waals surface area contributed by atoms with Crippen molar-refractivity contribution in [2.45, 2.75) is 38.5 Å². The van der Waals surface area contributed by atoms with Crippen LogP contribution in [0.25, 0.3) is 53.6 Å². The van der Waals surface area contributed by atoms with E-state index in [1.807, 2.05) is 11.3 Å². The minimum absolute atomic E-state index is 0.0351. The summed E-state index contributed by atoms with van der Waals surface area (Å²) in [5, 5.41) is 2.68. The Bertz CT molecular complexity index is 2550. The molecule has 0 N–H and O–H groups in total. The van der Waals surface area contributed by atoms with Crippen LogP contribution in [0.1, 0.15) is 49.9 Å². The SMILES string of the molecule is CC1(C)c2ccccc2-c2cc(N(c3ccc(-c4cccc5sc6ccccc6c45)cc3)c3ccc4c(c3)-c3ccccc3C4(C)C)ccc21. The summed E-state index contributed by atoms with van der Waals surface area (Å²) in [7, 11) is 0. The van der Waals surface area contributed by atoms with Crippen molar-refractivity contribution in [2.24, 2.45) is 0 Å². The maximum Gasteiger partial charge on any atom is 0.0468 e. The maximum absolute atomic E-state index is 2.45. The van der Waals surface area contributed by atoms with Crippen molar-refractivity contribution in [2.75, 3.05) is 4.90 Å². The molecule has 2 heteroatoms. The van der Waals surface area contributed by atoms with E-state index in [4.69, 9.17) is 0 Å². The first-order valence-electron chi connectivity index (χ1n) is 17.6. The van der Waals surface area contributed by atoms with E-state index >= 15 is 0 Å². The van der Waals surface area contributed by atoms with Crippen LogP contribution >= 0.6 is 11.3 Å². The fourth-order valence-electron chi connectivity index (χ4n) is 8.95. The van der Waals surface area contributed by atoms with Crippen LogP contribution in [0.2, 0.25) is 0 Å². The van der Waals surface area contributed by atoms with E-state index in [9.17, 15) is 0 Å². The Kier molecular flexibility index (Phi) is 6.21. The Labute approximate surface area is 298 Å². The number of rotatable bonds is 4. The monoisotopic (exact) mass is 659 g/mol. The second-order valence-electron chi connectivity index (χ2n) is 15.0. The molecule has 0 atom stereocenters. The van der Waals surface area contributed by atoms with Crippen molar-refractivity contribution < 1.29 is 0 Å². The van der Waals surface area contributed by atoms with E-state index in [1.54, 1.807) is 0 Å². The third kappa shape index (κ3) is 4.12. The van der Waals surface area contributed by atoms with Gasteiger partial charge in [-0.2, -0.15) is 0 Å². The zero-order valence-electron chi connectivity index (χ0n) is 28.8. The van der Waals surface area contributed by atoms with Gasteiger partial charge < -0.3 is 4.90 Å². The van der Waals surface area contributed by atoms with Gasteiger partial charge in [-0.25, -0.2) is 0 Å². The number of thiophene rings is 1. The summed E-state index contributed by atoms with van der Waals surface area (Å²) in [5.74, 6) is 0. The van der Waals surface area contributed by atoms with Crippen LogP contribution in [0.5, 0.6) is 0 Å². The van der Waals surface area contributed by atoms with E-state index < -0.39 is 0 Å². The number of nitrogens with zero attached hydrogens (tertiary/aromatic N) is 1. The van der Waals surface area contributed by atoms with E-state index in [-0.39, 0.29) is 10.8 Å². The van der Waals surface area contributed by atoms with Crippen LogP contribution in [0, 0.1) is 0 Å². The average molecular weight is 660 g/mol. The van der Waals surface area contributed by atoms with Crippen LogP contribution in [0.15, 0.2) is 152 Å². The summed E-state index contributed by atoms with van der Waals surface area (Å²) in [5.41, 5.74) is 16.8. The summed E-state index contributed by atoms with van der Waals surface area (Å²) in [4.78, 5) is 2.45. The minimum Gasteiger partial charge on any atom is -0.310 e. The van der Waals surface area contributed by atoms with Crippen molar-refractivity contribution in [3.63, 3.8) is 0 Å². The molecular formula is C48H37NS. The number of anilines is 3. The molecule has 240 valence electrons. The Morgan fingerprint density at radius 3 is 1.50 bits per heavy atom. The predicted molar refractivity (Wildman–Crippen MR) is 215 cm³/mol. The quantitative estimate of drug-likeness (QED) is 0.182. The summed E-state index contributed by atoms with van der Waals surface area (Å²) in [6.45, 7) is 9.41. The maximum atomic E-state index is 2.45. The number of hydrogen-bond acceptors (Lipinski definition) is 2. The molecule has 0 fully saturated rings. The first-order valence-corrected chi connectivity index (χ1v) is 18.4. The van der Waals surface area contributed by atoms with Gasteiger partial charge in [0.15, 0.2) is 0 Å². The summed E-state index contributed by atoms with van der Waals surface area (Å²) in [6, 6.07) is 56.8. The predicted octanol–water partition coefficient (Wildman–Crippen LogP) is 13.8. The van der Waals surface area contributed by atoms with E-state index in [0.717, 1.165) is 5.69 Å². The lowest BCUT2D eigenvalue weighted by molar-refractivity contribution is 0.660. The van der Waals surface area contributed by atoms with Crippen molar-refractivity contribution >= 4 is 48.6 Å². The second kappa shape index (κ2) is 10.5. The summed E-state index contributed by atoms with van der Waals surface area (Å²) >= 11 is 1.87. The van der Waals surface area contributed by atoms with Gasteiger partial charge in [0.05, 0.1) is 0 Å². The lowest BCUT2D eigenvalue weighted by Crippen LogP contribution is -2.16. The lowest BCUT2D eigenvalue weighted by Gasteiger charge is -2.28. The van der Waals surface area contributed by atoms with Crippen LogP contribution in [-0.2, 0) is 10.8 Å². The normalized spacial score (nSPS) is 14.7. The van der Waals surface area contributed by atoms with Crippen molar-refractivity contribution in [1.82, 2.24) is 0 Å². The lowest BCUT2D eigenvalue weighted by atomic mass is 9.82. The third-order valence-electron chi connectivity index (χ3n) is 11.5. The van der Waals surface area contributed by atoms with Crippen LogP contribution < -0.4 is 4.90 Å². The minimum atomic E-state index is -0.0351. The smallest absolute Gasteiger partial charge is 0.0468 e. The highest BCUT2D eigenvalue weighted by atomic mass is 32.1. The summed E-state index contributed by atoms with van der Waals surface area (Å²) < 4.78 is 2.66. The van der Waals surface area contributed by atoms with Gasteiger partial charge in [-0.3, -0.25) is 0 Å². The number of fused-ring (bicyclic) bond motifs is 9.